The van der Waals surface area contributed by atoms with Crippen LogP contribution in [0.5, 0.6) is 5.75 Å². The van der Waals surface area contributed by atoms with E-state index in [0.717, 1.165) is 34.1 Å². The molecule has 0 fully saturated rings. The Bertz CT molecular complexity index is 565. The van der Waals surface area contributed by atoms with Crippen molar-refractivity contribution < 1.29 is 19.1 Å². The highest BCUT2D eigenvalue weighted by Crippen LogP contribution is 2.34. The zero-order valence-corrected chi connectivity index (χ0v) is 16.4. The third kappa shape index (κ3) is 6.91. The number of esters is 1. The van der Waals surface area contributed by atoms with Crippen LogP contribution in [0.15, 0.2) is 12.1 Å². The lowest BCUT2D eigenvalue weighted by Crippen LogP contribution is -2.35. The molecule has 0 aromatic heterocycles. The van der Waals surface area contributed by atoms with Gasteiger partial charge in [0, 0.05) is 12.8 Å². The van der Waals surface area contributed by atoms with Gasteiger partial charge in [0.2, 0.25) is 0 Å². The monoisotopic (exact) mass is 336 g/mol. The summed E-state index contributed by atoms with van der Waals surface area (Å²) in [4.78, 5) is 11.9. The van der Waals surface area contributed by atoms with Gasteiger partial charge in [-0.2, -0.15) is 0 Å². The van der Waals surface area contributed by atoms with E-state index in [0.29, 0.717) is 25.2 Å². The molecule has 0 spiro atoms. The van der Waals surface area contributed by atoms with Crippen molar-refractivity contribution >= 4 is 5.97 Å². The van der Waals surface area contributed by atoms with Crippen LogP contribution in [-0.4, -0.2) is 49.9 Å². The van der Waals surface area contributed by atoms with Crippen LogP contribution in [-0.2, 0) is 21.4 Å². The average molecular weight is 336 g/mol. The van der Waals surface area contributed by atoms with Gasteiger partial charge < -0.3 is 14.3 Å². The number of carbonyl (C=O) groups excluding carboxylic acids is 1. The number of hydrogen-bond donors (Lipinski definition) is 1. The first-order valence-electron chi connectivity index (χ1n) is 8.69. The second-order valence-corrected chi connectivity index (χ2v) is 8.65. The molecule has 136 valence electrons. The van der Waals surface area contributed by atoms with Crippen LogP contribution in [0.1, 0.15) is 50.3 Å². The van der Waals surface area contributed by atoms with Gasteiger partial charge in [0.1, 0.15) is 5.75 Å². The predicted molar refractivity (Wildman–Crippen MR) is 98.3 cm³/mol. The van der Waals surface area contributed by atoms with E-state index in [-0.39, 0.29) is 11.4 Å². The Morgan fingerprint density at radius 3 is 2.38 bits per heavy atom. The van der Waals surface area contributed by atoms with Crippen molar-refractivity contribution in [1.82, 2.24) is 0 Å². The highest BCUT2D eigenvalue weighted by molar-refractivity contribution is 5.69. The number of carbonyl (C=O) groups is 1. The summed E-state index contributed by atoms with van der Waals surface area (Å²) in [5.74, 6) is 0.202. The highest BCUT2D eigenvalue weighted by Gasteiger charge is 2.20. The predicted octanol–water partition coefficient (Wildman–Crippen LogP) is 3.57. The number of ether oxygens (including phenoxy) is 1. The maximum absolute atomic E-state index is 11.9. The number of aromatic hydroxyl groups is 1. The zero-order chi connectivity index (χ0) is 18.5. The van der Waals surface area contributed by atoms with E-state index in [1.54, 1.807) is 0 Å². The molecule has 1 aromatic carbocycles. The Morgan fingerprint density at radius 1 is 1.21 bits per heavy atom. The lowest BCUT2D eigenvalue weighted by atomic mass is 9.83. The number of aryl methyl sites for hydroxylation is 2. The molecule has 24 heavy (non-hydrogen) atoms. The molecule has 0 amide bonds. The van der Waals surface area contributed by atoms with Crippen molar-refractivity contribution in [3.8, 4) is 5.75 Å². The van der Waals surface area contributed by atoms with Crippen molar-refractivity contribution in [3.63, 3.8) is 0 Å². The minimum absolute atomic E-state index is 0.128. The number of rotatable bonds is 7. The first kappa shape index (κ1) is 20.5. The molecular weight excluding hydrogens is 302 g/mol. The number of quaternary nitrogens is 1. The van der Waals surface area contributed by atoms with Gasteiger partial charge in [-0.05, 0) is 35.4 Å². The Hall–Kier alpha value is -1.55. The van der Waals surface area contributed by atoms with E-state index in [4.69, 9.17) is 4.74 Å². The first-order chi connectivity index (χ1) is 10.9. The zero-order valence-electron chi connectivity index (χ0n) is 16.4. The fourth-order valence-electron chi connectivity index (χ4n) is 2.61. The quantitative estimate of drug-likeness (QED) is 0.470. The molecule has 0 saturated heterocycles. The van der Waals surface area contributed by atoms with Crippen molar-refractivity contribution in [3.05, 3.63) is 28.8 Å². The number of benzene rings is 1. The van der Waals surface area contributed by atoms with Crippen LogP contribution in [0, 0.1) is 6.92 Å². The summed E-state index contributed by atoms with van der Waals surface area (Å²) in [7, 11) is 6.38. The van der Waals surface area contributed by atoms with Gasteiger partial charge in [0.05, 0.1) is 34.3 Å². The Kier molecular flexibility index (Phi) is 6.85. The lowest BCUT2D eigenvalue weighted by molar-refractivity contribution is -0.870. The van der Waals surface area contributed by atoms with Gasteiger partial charge in [-0.15, -0.1) is 0 Å². The van der Waals surface area contributed by atoms with Crippen LogP contribution in [0.25, 0.3) is 0 Å². The van der Waals surface area contributed by atoms with Gasteiger partial charge in [0.25, 0.3) is 0 Å². The Morgan fingerprint density at radius 2 is 1.83 bits per heavy atom. The summed E-state index contributed by atoms with van der Waals surface area (Å²) in [5.41, 5.74) is 2.72. The van der Waals surface area contributed by atoms with E-state index in [2.05, 4.69) is 41.9 Å². The number of phenols is 1. The molecule has 0 heterocycles. The molecule has 4 nitrogen and oxygen atoms in total. The van der Waals surface area contributed by atoms with E-state index in [9.17, 15) is 9.90 Å². The third-order valence-electron chi connectivity index (χ3n) is 4.02. The topological polar surface area (TPSA) is 46.5 Å². The summed E-state index contributed by atoms with van der Waals surface area (Å²) in [6.07, 6.45) is 1.89. The highest BCUT2D eigenvalue weighted by atomic mass is 16.5. The number of phenolic OH excluding ortho intramolecular Hbond substituents is 1. The molecular formula is C20H34NO3+. The summed E-state index contributed by atoms with van der Waals surface area (Å²) >= 11 is 0. The standard InChI is InChI=1S/C20H33NO3/c1-15-13-16(14-17(19(15)23)20(2,3)4)9-10-18(22)24-12-8-11-21(5,6)7/h13-14H,8-12H2,1-7H3/p+1. The van der Waals surface area contributed by atoms with Gasteiger partial charge in [-0.3, -0.25) is 4.79 Å². The van der Waals surface area contributed by atoms with E-state index >= 15 is 0 Å². The van der Waals surface area contributed by atoms with Crippen molar-refractivity contribution in [2.75, 3.05) is 34.3 Å². The fourth-order valence-corrected chi connectivity index (χ4v) is 2.61. The summed E-state index contributed by atoms with van der Waals surface area (Å²) in [6.45, 7) is 9.60. The van der Waals surface area contributed by atoms with Gasteiger partial charge in [-0.25, -0.2) is 0 Å². The first-order valence-corrected chi connectivity index (χ1v) is 8.69. The summed E-state index contributed by atoms with van der Waals surface area (Å²) < 4.78 is 6.19. The molecule has 0 aliphatic carbocycles. The van der Waals surface area contributed by atoms with Crippen LogP contribution in [0.4, 0.5) is 0 Å². The second kappa shape index (κ2) is 8.02. The van der Waals surface area contributed by atoms with Gasteiger partial charge in [0.15, 0.2) is 0 Å². The molecule has 0 unspecified atom stereocenters. The summed E-state index contributed by atoms with van der Waals surface area (Å²) in [6, 6.07) is 3.96. The molecule has 1 aromatic rings. The maximum Gasteiger partial charge on any atom is 0.306 e. The molecule has 0 atom stereocenters. The van der Waals surface area contributed by atoms with Crippen molar-refractivity contribution in [2.24, 2.45) is 0 Å². The van der Waals surface area contributed by atoms with Crippen LogP contribution in [0.2, 0.25) is 0 Å². The summed E-state index contributed by atoms with van der Waals surface area (Å²) in [5, 5.41) is 10.3. The van der Waals surface area contributed by atoms with E-state index in [1.165, 1.54) is 0 Å². The fraction of sp³-hybridized carbons (Fsp3) is 0.650. The second-order valence-electron chi connectivity index (χ2n) is 8.65. The molecule has 0 saturated carbocycles. The largest absolute Gasteiger partial charge is 0.507 e. The molecule has 0 radical (unpaired) electrons. The minimum Gasteiger partial charge on any atom is -0.507 e. The SMILES string of the molecule is Cc1cc(CCC(=O)OCCC[N+](C)(C)C)cc(C(C)(C)C)c1O. The van der Waals surface area contributed by atoms with E-state index < -0.39 is 0 Å². The number of nitrogens with zero attached hydrogens (tertiary/aromatic N) is 1. The molecule has 0 bridgehead atoms. The average Bonchev–Trinajstić information content (AvgIpc) is 2.42. The van der Waals surface area contributed by atoms with Crippen LogP contribution < -0.4 is 0 Å². The van der Waals surface area contributed by atoms with E-state index in [1.807, 2.05) is 19.1 Å². The minimum atomic E-state index is -0.153. The van der Waals surface area contributed by atoms with Gasteiger partial charge in [-0.1, -0.05) is 32.9 Å². The van der Waals surface area contributed by atoms with Crippen LogP contribution in [0.3, 0.4) is 0 Å². The lowest BCUT2D eigenvalue weighted by Gasteiger charge is -2.23. The smallest absolute Gasteiger partial charge is 0.306 e. The number of hydrogen-bond acceptors (Lipinski definition) is 3. The normalized spacial score (nSPS) is 12.3. The molecule has 1 N–H and O–H groups in total. The van der Waals surface area contributed by atoms with Crippen molar-refractivity contribution in [1.29, 1.82) is 0 Å². The van der Waals surface area contributed by atoms with Gasteiger partial charge >= 0.3 is 5.97 Å². The van der Waals surface area contributed by atoms with Crippen molar-refractivity contribution in [2.45, 2.75) is 52.4 Å². The molecule has 1 rings (SSSR count). The maximum atomic E-state index is 11.9. The molecule has 0 aliphatic rings. The molecule has 0 aliphatic heterocycles. The Labute approximate surface area is 147 Å². The molecule has 4 heteroatoms. The Balaban J connectivity index is 2.56. The van der Waals surface area contributed by atoms with Crippen LogP contribution >= 0.6 is 0 Å². The third-order valence-corrected chi connectivity index (χ3v) is 4.02.